The van der Waals surface area contributed by atoms with Gasteiger partial charge in [0.1, 0.15) is 0 Å². The lowest BCUT2D eigenvalue weighted by molar-refractivity contribution is -0.255. The van der Waals surface area contributed by atoms with E-state index < -0.39 is 5.97 Å². The number of carbonyl (C=O) groups excluding carboxylic acids is 2. The molecule has 0 N–H and O–H groups in total. The summed E-state index contributed by atoms with van der Waals surface area (Å²) in [6.07, 6.45) is 0.501. The fourth-order valence-electron chi connectivity index (χ4n) is 0.808. The number of hydrogen-bond acceptors (Lipinski definition) is 3. The first-order chi connectivity index (χ1) is 5.65. The SMILES string of the molecule is O=Cc1ccc(I)cc1C(=O)[O-]. The van der Waals surface area contributed by atoms with Gasteiger partial charge < -0.3 is 9.90 Å². The molecule has 0 saturated carbocycles. The molecule has 0 unspecified atom stereocenters. The van der Waals surface area contributed by atoms with Gasteiger partial charge >= 0.3 is 0 Å². The van der Waals surface area contributed by atoms with Gasteiger partial charge in [-0.05, 0) is 40.8 Å². The minimum absolute atomic E-state index is 0.0584. The van der Waals surface area contributed by atoms with Crippen molar-refractivity contribution >= 4 is 34.8 Å². The zero-order valence-corrected chi connectivity index (χ0v) is 8.07. The summed E-state index contributed by atoms with van der Waals surface area (Å²) in [7, 11) is 0. The molecular weight excluding hydrogens is 271 g/mol. The summed E-state index contributed by atoms with van der Waals surface area (Å²) in [6, 6.07) is 4.52. The molecule has 0 spiro atoms. The van der Waals surface area contributed by atoms with E-state index in [9.17, 15) is 14.7 Å². The van der Waals surface area contributed by atoms with Gasteiger partial charge in [-0.15, -0.1) is 0 Å². The first kappa shape index (κ1) is 9.18. The molecule has 4 heteroatoms. The number of aldehydes is 1. The molecule has 0 heterocycles. The third-order valence-electron chi connectivity index (χ3n) is 1.36. The van der Waals surface area contributed by atoms with Crippen LogP contribution in [-0.4, -0.2) is 12.3 Å². The van der Waals surface area contributed by atoms with Crippen LogP contribution < -0.4 is 5.11 Å². The fraction of sp³-hybridized carbons (Fsp3) is 0. The zero-order valence-electron chi connectivity index (χ0n) is 5.91. The normalized spacial score (nSPS) is 9.42. The molecule has 0 saturated heterocycles. The smallest absolute Gasteiger partial charge is 0.150 e. The van der Waals surface area contributed by atoms with Crippen molar-refractivity contribution in [2.75, 3.05) is 0 Å². The second-order valence-corrected chi connectivity index (χ2v) is 3.38. The predicted octanol–water partition coefficient (Wildman–Crippen LogP) is 0.467. The van der Waals surface area contributed by atoms with E-state index in [-0.39, 0.29) is 11.1 Å². The predicted molar refractivity (Wildman–Crippen MR) is 48.9 cm³/mol. The van der Waals surface area contributed by atoms with Crippen LogP contribution in [0.15, 0.2) is 18.2 Å². The van der Waals surface area contributed by atoms with Crippen LogP contribution in [0.3, 0.4) is 0 Å². The lowest BCUT2D eigenvalue weighted by Crippen LogP contribution is -2.23. The van der Waals surface area contributed by atoms with Gasteiger partial charge in [-0.2, -0.15) is 0 Å². The summed E-state index contributed by atoms with van der Waals surface area (Å²) in [6.45, 7) is 0. The van der Waals surface area contributed by atoms with Gasteiger partial charge in [0.05, 0.1) is 5.97 Å². The Morgan fingerprint density at radius 1 is 1.50 bits per heavy atom. The quantitative estimate of drug-likeness (QED) is 0.582. The van der Waals surface area contributed by atoms with Crippen LogP contribution in [0.2, 0.25) is 0 Å². The number of halogens is 1. The van der Waals surface area contributed by atoms with Gasteiger partial charge in [-0.1, -0.05) is 0 Å². The standard InChI is InChI=1S/C8H5IO3/c9-6-2-1-5(4-10)7(3-6)8(11)12/h1-4H,(H,11,12)/p-1. The minimum atomic E-state index is -1.32. The summed E-state index contributed by atoms with van der Waals surface area (Å²) in [5.74, 6) is -1.32. The summed E-state index contributed by atoms with van der Waals surface area (Å²) in [4.78, 5) is 20.8. The number of carboxylic acid groups (broad SMARTS) is 1. The highest BCUT2D eigenvalue weighted by molar-refractivity contribution is 14.1. The van der Waals surface area contributed by atoms with Crippen LogP contribution in [0.4, 0.5) is 0 Å². The van der Waals surface area contributed by atoms with Gasteiger partial charge in [0.2, 0.25) is 0 Å². The van der Waals surface area contributed by atoms with E-state index in [0.29, 0.717) is 6.29 Å². The molecule has 3 nitrogen and oxygen atoms in total. The Bertz CT molecular complexity index is 333. The Kier molecular flexibility index (Phi) is 2.80. The van der Waals surface area contributed by atoms with E-state index in [0.717, 1.165) is 3.57 Å². The largest absolute Gasteiger partial charge is 0.545 e. The molecule has 1 aromatic rings. The number of benzene rings is 1. The van der Waals surface area contributed by atoms with Crippen molar-refractivity contribution in [1.29, 1.82) is 0 Å². The highest BCUT2D eigenvalue weighted by atomic mass is 127. The maximum Gasteiger partial charge on any atom is 0.150 e. The molecule has 62 valence electrons. The van der Waals surface area contributed by atoms with Crippen molar-refractivity contribution in [1.82, 2.24) is 0 Å². The molecule has 0 aromatic heterocycles. The fourth-order valence-corrected chi connectivity index (χ4v) is 1.30. The molecule has 1 rings (SSSR count). The maximum atomic E-state index is 10.5. The first-order valence-electron chi connectivity index (χ1n) is 3.11. The summed E-state index contributed by atoms with van der Waals surface area (Å²) < 4.78 is 0.761. The molecule has 12 heavy (non-hydrogen) atoms. The minimum Gasteiger partial charge on any atom is -0.545 e. The summed E-state index contributed by atoms with van der Waals surface area (Å²) in [5.41, 5.74) is 0.0901. The van der Waals surface area contributed by atoms with Crippen LogP contribution in [-0.2, 0) is 0 Å². The zero-order chi connectivity index (χ0) is 9.14. The van der Waals surface area contributed by atoms with E-state index in [1.807, 2.05) is 22.6 Å². The third-order valence-corrected chi connectivity index (χ3v) is 2.03. The first-order valence-corrected chi connectivity index (χ1v) is 4.19. The van der Waals surface area contributed by atoms with Crippen molar-refractivity contribution in [3.05, 3.63) is 32.9 Å². The van der Waals surface area contributed by atoms with Gasteiger partial charge in [0.15, 0.2) is 6.29 Å². The molecule has 0 radical (unpaired) electrons. The van der Waals surface area contributed by atoms with E-state index in [2.05, 4.69) is 0 Å². The summed E-state index contributed by atoms with van der Waals surface area (Å²) >= 11 is 1.96. The van der Waals surface area contributed by atoms with Crippen molar-refractivity contribution in [3.63, 3.8) is 0 Å². The lowest BCUT2D eigenvalue weighted by atomic mass is 10.1. The average molecular weight is 275 g/mol. The van der Waals surface area contributed by atoms with Crippen molar-refractivity contribution < 1.29 is 14.7 Å². The third kappa shape index (κ3) is 1.82. The van der Waals surface area contributed by atoms with E-state index in [1.54, 1.807) is 6.07 Å². The number of hydrogen-bond donors (Lipinski definition) is 0. The van der Waals surface area contributed by atoms with E-state index in [1.165, 1.54) is 12.1 Å². The molecule has 0 amide bonds. The Morgan fingerprint density at radius 3 is 2.67 bits per heavy atom. The van der Waals surface area contributed by atoms with Crippen LogP contribution in [0.1, 0.15) is 20.7 Å². The molecular formula is C8H4IO3-. The molecule has 1 aromatic carbocycles. The molecule has 0 atom stereocenters. The second kappa shape index (κ2) is 3.66. The van der Waals surface area contributed by atoms with Gasteiger partial charge in [0.25, 0.3) is 0 Å². The monoisotopic (exact) mass is 275 g/mol. The molecule has 0 aliphatic carbocycles. The molecule has 0 fully saturated rings. The highest BCUT2D eigenvalue weighted by Gasteiger charge is 2.02. The Morgan fingerprint density at radius 2 is 2.17 bits per heavy atom. The van der Waals surface area contributed by atoms with Crippen LogP contribution in [0.5, 0.6) is 0 Å². The lowest BCUT2D eigenvalue weighted by Gasteiger charge is -2.05. The molecule has 0 aliphatic heterocycles. The van der Waals surface area contributed by atoms with Crippen LogP contribution in [0.25, 0.3) is 0 Å². The van der Waals surface area contributed by atoms with Gasteiger partial charge in [-0.25, -0.2) is 0 Å². The van der Waals surface area contributed by atoms with Crippen molar-refractivity contribution in [2.24, 2.45) is 0 Å². The van der Waals surface area contributed by atoms with Crippen molar-refractivity contribution in [3.8, 4) is 0 Å². The topological polar surface area (TPSA) is 57.2 Å². The summed E-state index contributed by atoms with van der Waals surface area (Å²) in [5, 5.41) is 10.5. The number of aromatic carboxylic acids is 1. The maximum absolute atomic E-state index is 10.5. The number of rotatable bonds is 2. The van der Waals surface area contributed by atoms with E-state index >= 15 is 0 Å². The highest BCUT2D eigenvalue weighted by Crippen LogP contribution is 2.11. The Hall–Kier alpha value is -0.910. The Balaban J connectivity index is 3.30. The van der Waals surface area contributed by atoms with Crippen molar-refractivity contribution in [2.45, 2.75) is 0 Å². The second-order valence-electron chi connectivity index (χ2n) is 2.14. The molecule has 0 aliphatic rings. The van der Waals surface area contributed by atoms with Gasteiger partial charge in [-0.3, -0.25) is 4.79 Å². The van der Waals surface area contributed by atoms with Crippen LogP contribution >= 0.6 is 22.6 Å². The van der Waals surface area contributed by atoms with E-state index in [4.69, 9.17) is 0 Å². The van der Waals surface area contributed by atoms with Crippen LogP contribution in [0, 0.1) is 3.57 Å². The average Bonchev–Trinajstić information content (AvgIpc) is 2.04. The Labute approximate surface area is 82.5 Å². The molecule has 0 bridgehead atoms. The number of carboxylic acids is 1. The number of carbonyl (C=O) groups is 2. The van der Waals surface area contributed by atoms with Gasteiger partial charge in [0, 0.05) is 14.7 Å².